The van der Waals surface area contributed by atoms with Gasteiger partial charge in [-0.25, -0.2) is 4.39 Å². The molecule has 1 unspecified atom stereocenters. The SMILES string of the molecule is CCCN(C1CC1)C(CN)c1cccc(Cl)c1F. The summed E-state index contributed by atoms with van der Waals surface area (Å²) < 4.78 is 14.1. The zero-order valence-electron chi connectivity index (χ0n) is 10.7. The number of benzene rings is 1. The van der Waals surface area contributed by atoms with Gasteiger partial charge in [0.25, 0.3) is 0 Å². The molecular weight excluding hydrogens is 251 g/mol. The van der Waals surface area contributed by atoms with E-state index in [2.05, 4.69) is 11.8 Å². The monoisotopic (exact) mass is 270 g/mol. The number of hydrogen-bond acceptors (Lipinski definition) is 2. The molecule has 0 bridgehead atoms. The van der Waals surface area contributed by atoms with Crippen LogP contribution in [-0.4, -0.2) is 24.0 Å². The lowest BCUT2D eigenvalue weighted by molar-refractivity contribution is 0.188. The number of hydrogen-bond donors (Lipinski definition) is 1. The lowest BCUT2D eigenvalue weighted by Crippen LogP contribution is -2.36. The van der Waals surface area contributed by atoms with Gasteiger partial charge in [-0.3, -0.25) is 4.90 Å². The van der Waals surface area contributed by atoms with Crippen LogP contribution >= 0.6 is 11.6 Å². The van der Waals surface area contributed by atoms with E-state index in [1.54, 1.807) is 18.2 Å². The maximum atomic E-state index is 14.1. The minimum absolute atomic E-state index is 0.0591. The summed E-state index contributed by atoms with van der Waals surface area (Å²) >= 11 is 5.86. The van der Waals surface area contributed by atoms with Crippen LogP contribution in [0.1, 0.15) is 37.8 Å². The van der Waals surface area contributed by atoms with Crippen LogP contribution in [0, 0.1) is 5.82 Å². The Bertz CT molecular complexity index is 407. The van der Waals surface area contributed by atoms with Crippen molar-refractivity contribution in [2.45, 2.75) is 38.3 Å². The first kappa shape index (κ1) is 13.8. The lowest BCUT2D eigenvalue weighted by Gasteiger charge is -2.31. The molecule has 0 aromatic heterocycles. The number of nitrogens with two attached hydrogens (primary N) is 1. The summed E-state index contributed by atoms with van der Waals surface area (Å²) in [5, 5.41) is 0.179. The van der Waals surface area contributed by atoms with Crippen molar-refractivity contribution >= 4 is 11.6 Å². The van der Waals surface area contributed by atoms with Crippen LogP contribution in [0.3, 0.4) is 0 Å². The van der Waals surface area contributed by atoms with Gasteiger partial charge in [0.2, 0.25) is 0 Å². The first-order valence-corrected chi connectivity index (χ1v) is 6.96. The van der Waals surface area contributed by atoms with Crippen molar-refractivity contribution in [2.75, 3.05) is 13.1 Å². The highest BCUT2D eigenvalue weighted by molar-refractivity contribution is 6.30. The molecular formula is C14H20ClFN2. The number of rotatable bonds is 6. The molecule has 0 heterocycles. The van der Waals surface area contributed by atoms with E-state index in [1.807, 2.05) is 0 Å². The van der Waals surface area contributed by atoms with Crippen LogP contribution in [-0.2, 0) is 0 Å². The molecule has 0 spiro atoms. The molecule has 0 saturated heterocycles. The minimum Gasteiger partial charge on any atom is -0.329 e. The predicted molar refractivity (Wildman–Crippen MR) is 73.2 cm³/mol. The van der Waals surface area contributed by atoms with Gasteiger partial charge in [0.05, 0.1) is 11.1 Å². The molecule has 1 atom stereocenters. The van der Waals surface area contributed by atoms with Crippen molar-refractivity contribution in [3.8, 4) is 0 Å². The van der Waals surface area contributed by atoms with E-state index in [4.69, 9.17) is 17.3 Å². The van der Waals surface area contributed by atoms with Gasteiger partial charge < -0.3 is 5.73 Å². The zero-order valence-corrected chi connectivity index (χ0v) is 11.5. The Kier molecular flexibility index (Phi) is 4.60. The highest BCUT2D eigenvalue weighted by Gasteiger charge is 2.34. The molecule has 18 heavy (non-hydrogen) atoms. The van der Waals surface area contributed by atoms with Gasteiger partial charge in [0.15, 0.2) is 0 Å². The molecule has 1 aliphatic carbocycles. The Balaban J connectivity index is 2.28. The van der Waals surface area contributed by atoms with E-state index in [-0.39, 0.29) is 16.9 Å². The van der Waals surface area contributed by atoms with Gasteiger partial charge in [-0.2, -0.15) is 0 Å². The van der Waals surface area contributed by atoms with Crippen LogP contribution in [0.4, 0.5) is 4.39 Å². The van der Waals surface area contributed by atoms with Gasteiger partial charge in [-0.1, -0.05) is 30.7 Å². The Morgan fingerprint density at radius 1 is 1.50 bits per heavy atom. The molecule has 2 nitrogen and oxygen atoms in total. The summed E-state index contributed by atoms with van der Waals surface area (Å²) in [5.74, 6) is -0.323. The first-order chi connectivity index (χ1) is 8.69. The van der Waals surface area contributed by atoms with Crippen molar-refractivity contribution in [3.63, 3.8) is 0 Å². The fraction of sp³-hybridized carbons (Fsp3) is 0.571. The normalized spacial score (nSPS) is 17.2. The van der Waals surface area contributed by atoms with Crippen LogP contribution in [0.2, 0.25) is 5.02 Å². The van der Waals surface area contributed by atoms with E-state index in [0.29, 0.717) is 18.2 Å². The second-order valence-corrected chi connectivity index (χ2v) is 5.27. The Hall–Kier alpha value is -0.640. The third-order valence-electron chi connectivity index (χ3n) is 3.46. The van der Waals surface area contributed by atoms with Crippen LogP contribution in [0.5, 0.6) is 0 Å². The van der Waals surface area contributed by atoms with Crippen LogP contribution in [0.25, 0.3) is 0 Å². The molecule has 0 aliphatic heterocycles. The average molecular weight is 271 g/mol. The summed E-state index contributed by atoms with van der Waals surface area (Å²) in [5.41, 5.74) is 6.50. The fourth-order valence-electron chi connectivity index (χ4n) is 2.48. The van der Waals surface area contributed by atoms with E-state index >= 15 is 0 Å². The molecule has 1 aromatic rings. The second kappa shape index (κ2) is 6.00. The molecule has 0 radical (unpaired) electrons. The molecule has 1 aromatic carbocycles. The van der Waals surface area contributed by atoms with Gasteiger partial charge in [0, 0.05) is 18.2 Å². The highest BCUT2D eigenvalue weighted by Crippen LogP contribution is 2.35. The van der Waals surface area contributed by atoms with Crippen LogP contribution in [0.15, 0.2) is 18.2 Å². The van der Waals surface area contributed by atoms with E-state index in [0.717, 1.165) is 13.0 Å². The van der Waals surface area contributed by atoms with Crippen molar-refractivity contribution < 1.29 is 4.39 Å². The molecule has 1 aliphatic rings. The topological polar surface area (TPSA) is 29.3 Å². The van der Waals surface area contributed by atoms with Crippen molar-refractivity contribution in [1.29, 1.82) is 0 Å². The van der Waals surface area contributed by atoms with Gasteiger partial charge in [-0.15, -0.1) is 0 Å². The molecule has 1 saturated carbocycles. The summed E-state index contributed by atoms with van der Waals surface area (Å²) in [6.07, 6.45) is 3.44. The van der Waals surface area contributed by atoms with E-state index in [9.17, 15) is 4.39 Å². The van der Waals surface area contributed by atoms with Gasteiger partial charge >= 0.3 is 0 Å². The maximum absolute atomic E-state index is 14.1. The molecule has 4 heteroatoms. The Morgan fingerprint density at radius 3 is 2.78 bits per heavy atom. The predicted octanol–water partition coefficient (Wildman–Crippen LogP) is 3.35. The third-order valence-corrected chi connectivity index (χ3v) is 3.75. The van der Waals surface area contributed by atoms with Crippen molar-refractivity contribution in [1.82, 2.24) is 4.90 Å². The van der Waals surface area contributed by atoms with Crippen molar-refractivity contribution in [2.24, 2.45) is 5.73 Å². The summed E-state index contributed by atoms with van der Waals surface area (Å²) in [6.45, 7) is 3.52. The fourth-order valence-corrected chi connectivity index (χ4v) is 2.66. The van der Waals surface area contributed by atoms with Gasteiger partial charge in [0.1, 0.15) is 5.82 Å². The maximum Gasteiger partial charge on any atom is 0.146 e. The largest absolute Gasteiger partial charge is 0.329 e. The van der Waals surface area contributed by atoms with Crippen LogP contribution < -0.4 is 5.73 Å². The minimum atomic E-state index is -0.323. The van der Waals surface area contributed by atoms with Crippen molar-refractivity contribution in [3.05, 3.63) is 34.6 Å². The average Bonchev–Trinajstić information content (AvgIpc) is 3.18. The van der Waals surface area contributed by atoms with Gasteiger partial charge in [-0.05, 0) is 31.9 Å². The summed E-state index contributed by atoms with van der Waals surface area (Å²) in [4.78, 5) is 2.33. The molecule has 2 rings (SSSR count). The third kappa shape index (κ3) is 2.85. The standard InChI is InChI=1S/C14H20ClFN2/c1-2-8-18(10-6-7-10)13(9-17)11-4-3-5-12(15)14(11)16/h3-5,10,13H,2,6-9,17H2,1H3. The zero-order chi connectivity index (χ0) is 13.1. The lowest BCUT2D eigenvalue weighted by atomic mass is 10.0. The number of halogens is 2. The highest BCUT2D eigenvalue weighted by atomic mass is 35.5. The van der Waals surface area contributed by atoms with E-state index < -0.39 is 0 Å². The summed E-state index contributed by atoms with van der Waals surface area (Å²) in [6, 6.07) is 5.67. The molecule has 100 valence electrons. The molecule has 2 N–H and O–H groups in total. The molecule has 1 fully saturated rings. The smallest absolute Gasteiger partial charge is 0.146 e. The quantitative estimate of drug-likeness (QED) is 0.859. The molecule has 0 amide bonds. The number of nitrogens with zero attached hydrogens (tertiary/aromatic N) is 1. The second-order valence-electron chi connectivity index (χ2n) is 4.86. The Morgan fingerprint density at radius 2 is 2.22 bits per heavy atom. The Labute approximate surface area is 113 Å². The summed E-state index contributed by atoms with van der Waals surface area (Å²) in [7, 11) is 0. The van der Waals surface area contributed by atoms with E-state index in [1.165, 1.54) is 12.8 Å². The first-order valence-electron chi connectivity index (χ1n) is 6.58.